The lowest BCUT2D eigenvalue weighted by atomic mass is 10.1. The highest BCUT2D eigenvalue weighted by Gasteiger charge is 2.33. The van der Waals surface area contributed by atoms with E-state index >= 15 is 0 Å². The molecule has 0 spiro atoms. The molecule has 8 heteroatoms. The van der Waals surface area contributed by atoms with Gasteiger partial charge in [-0.15, -0.1) is 0 Å². The van der Waals surface area contributed by atoms with Gasteiger partial charge in [-0.2, -0.15) is 0 Å². The highest BCUT2D eigenvalue weighted by atomic mass is 32.2. The number of nitrogens with zero attached hydrogens (tertiary/aromatic N) is 4. The monoisotopic (exact) mass is 504 g/mol. The smallest absolute Gasteiger partial charge is 0.266 e. The molecule has 35 heavy (non-hydrogen) atoms. The van der Waals surface area contributed by atoms with Crippen molar-refractivity contribution in [2.45, 2.75) is 13.5 Å². The minimum atomic E-state index is -0.152. The van der Waals surface area contributed by atoms with E-state index in [9.17, 15) is 9.59 Å². The van der Waals surface area contributed by atoms with Gasteiger partial charge in [0.2, 0.25) is 0 Å². The molecule has 0 saturated carbocycles. The van der Waals surface area contributed by atoms with Crippen molar-refractivity contribution >= 4 is 56.9 Å². The van der Waals surface area contributed by atoms with Crippen LogP contribution in [0.5, 0.6) is 0 Å². The van der Waals surface area contributed by atoms with Crippen LogP contribution < -0.4 is 10.5 Å². The number of hydrogen-bond acceptors (Lipinski definition) is 6. The van der Waals surface area contributed by atoms with Crippen LogP contribution >= 0.6 is 24.0 Å². The Morgan fingerprint density at radius 2 is 1.66 bits per heavy atom. The van der Waals surface area contributed by atoms with Crippen molar-refractivity contribution in [3.05, 3.63) is 81.0 Å². The molecule has 1 amide bonds. The van der Waals surface area contributed by atoms with Crippen LogP contribution in [0.3, 0.4) is 0 Å². The van der Waals surface area contributed by atoms with Gasteiger partial charge in [-0.05, 0) is 24.3 Å². The van der Waals surface area contributed by atoms with E-state index in [1.54, 1.807) is 22.6 Å². The maximum Gasteiger partial charge on any atom is 0.266 e. The summed E-state index contributed by atoms with van der Waals surface area (Å²) in [4.78, 5) is 33.8. The molecule has 2 aromatic carbocycles. The van der Waals surface area contributed by atoms with Crippen LogP contribution in [0.4, 0.5) is 5.69 Å². The predicted molar refractivity (Wildman–Crippen MR) is 149 cm³/mol. The molecule has 0 N–H and O–H groups in total. The maximum absolute atomic E-state index is 13.6. The van der Waals surface area contributed by atoms with Gasteiger partial charge < -0.3 is 14.4 Å². The molecule has 2 aliphatic rings. The quantitative estimate of drug-likeness (QED) is 0.386. The fraction of sp³-hybridized carbons (Fsp3) is 0.296. The summed E-state index contributed by atoms with van der Waals surface area (Å²) in [5, 5.41) is 1.02. The van der Waals surface area contributed by atoms with Gasteiger partial charge in [0.25, 0.3) is 11.5 Å². The number of hydrogen-bond donors (Lipinski definition) is 0. The Kier molecular flexibility index (Phi) is 6.77. The van der Waals surface area contributed by atoms with E-state index in [1.807, 2.05) is 48.5 Å². The third-order valence-electron chi connectivity index (χ3n) is 6.78. The largest absolute Gasteiger partial charge is 0.368 e. The normalized spacial score (nSPS) is 18.3. The van der Waals surface area contributed by atoms with Gasteiger partial charge >= 0.3 is 0 Å². The van der Waals surface area contributed by atoms with Crippen molar-refractivity contribution in [2.24, 2.45) is 7.05 Å². The Balaban J connectivity index is 1.58. The van der Waals surface area contributed by atoms with Gasteiger partial charge in [-0.1, -0.05) is 79.4 Å². The molecule has 3 aromatic rings. The van der Waals surface area contributed by atoms with E-state index in [1.165, 1.54) is 11.8 Å². The third kappa shape index (κ3) is 4.53. The average molecular weight is 505 g/mol. The van der Waals surface area contributed by atoms with E-state index in [2.05, 4.69) is 22.8 Å². The number of para-hydroxylation sites is 1. The molecular weight excluding hydrogens is 476 g/mol. The standard InChI is InChI=1S/C27H28N4O2S2/c1-3-29-13-15-30(16-14-29)24-20-11-7-8-12-22(20)28(2)25(32)21(24)17-23-26(33)31(27(34)35-23)18-19-9-5-4-6-10-19/h4-12,17H,3,13-16,18H2,1-2H3. The van der Waals surface area contributed by atoms with Gasteiger partial charge in [0.1, 0.15) is 4.32 Å². The SMILES string of the molecule is CCN1CCN(c2c(C=C3SC(=S)N(Cc4ccccc4)C3=O)c(=O)n(C)c3ccccc23)CC1. The summed E-state index contributed by atoms with van der Waals surface area (Å²) in [6.07, 6.45) is 1.76. The second-order valence-corrected chi connectivity index (χ2v) is 10.5. The highest BCUT2D eigenvalue weighted by molar-refractivity contribution is 8.26. The van der Waals surface area contributed by atoms with Crippen LogP contribution in [0.2, 0.25) is 0 Å². The number of aryl methyl sites for hydroxylation is 1. The number of pyridine rings is 1. The first-order valence-corrected chi connectivity index (χ1v) is 13.1. The van der Waals surface area contributed by atoms with E-state index in [0.717, 1.165) is 54.9 Å². The lowest BCUT2D eigenvalue weighted by Crippen LogP contribution is -2.47. The van der Waals surface area contributed by atoms with Crippen molar-refractivity contribution < 1.29 is 4.79 Å². The van der Waals surface area contributed by atoms with E-state index < -0.39 is 0 Å². The minimum absolute atomic E-state index is 0.107. The fourth-order valence-corrected chi connectivity index (χ4v) is 6.03. The summed E-state index contributed by atoms with van der Waals surface area (Å²) in [6, 6.07) is 17.8. The summed E-state index contributed by atoms with van der Waals surface area (Å²) < 4.78 is 2.19. The van der Waals surface area contributed by atoms with Gasteiger partial charge in [0, 0.05) is 38.6 Å². The number of thiocarbonyl (C=S) groups is 1. The van der Waals surface area contributed by atoms with Crippen molar-refractivity contribution in [3.63, 3.8) is 0 Å². The third-order valence-corrected chi connectivity index (χ3v) is 8.16. The summed E-state index contributed by atoms with van der Waals surface area (Å²) >= 11 is 6.83. The van der Waals surface area contributed by atoms with E-state index in [-0.39, 0.29) is 11.5 Å². The molecule has 0 aliphatic carbocycles. The zero-order valence-electron chi connectivity index (χ0n) is 19.9. The second kappa shape index (κ2) is 9.97. The Morgan fingerprint density at radius 3 is 2.37 bits per heavy atom. The number of aromatic nitrogens is 1. The van der Waals surface area contributed by atoms with Crippen molar-refractivity contribution in [3.8, 4) is 0 Å². The summed E-state index contributed by atoms with van der Waals surface area (Å²) in [7, 11) is 1.79. The Labute approximate surface area is 214 Å². The number of anilines is 1. The van der Waals surface area contributed by atoms with Crippen molar-refractivity contribution in [2.75, 3.05) is 37.6 Å². The summed E-state index contributed by atoms with van der Waals surface area (Å²) in [5.74, 6) is -0.152. The summed E-state index contributed by atoms with van der Waals surface area (Å²) in [5.41, 5.74) is 3.26. The molecular formula is C27H28N4O2S2. The lowest BCUT2D eigenvalue weighted by molar-refractivity contribution is -0.122. The van der Waals surface area contributed by atoms with E-state index in [4.69, 9.17) is 12.2 Å². The molecule has 0 bridgehead atoms. The first-order chi connectivity index (χ1) is 17.0. The van der Waals surface area contributed by atoms with Gasteiger partial charge in [-0.3, -0.25) is 14.5 Å². The van der Waals surface area contributed by atoms with Gasteiger partial charge in [0.05, 0.1) is 28.2 Å². The van der Waals surface area contributed by atoms with Crippen molar-refractivity contribution in [1.29, 1.82) is 0 Å². The van der Waals surface area contributed by atoms with E-state index in [0.29, 0.717) is 21.3 Å². The number of likely N-dealkylation sites (N-methyl/N-ethyl adjacent to an activating group) is 1. The fourth-order valence-electron chi connectivity index (χ4n) is 4.79. The van der Waals surface area contributed by atoms with Crippen LogP contribution in [-0.4, -0.2) is 57.3 Å². The Bertz CT molecular complexity index is 1380. The first-order valence-electron chi connectivity index (χ1n) is 11.9. The topological polar surface area (TPSA) is 48.8 Å². The number of thioether (sulfide) groups is 1. The number of carbonyl (C=O) groups is 1. The zero-order valence-corrected chi connectivity index (χ0v) is 21.6. The van der Waals surface area contributed by atoms with Crippen LogP contribution in [0, 0.1) is 0 Å². The Hall–Kier alpha value is -2.94. The number of piperazine rings is 1. The average Bonchev–Trinajstić information content (AvgIpc) is 3.15. The van der Waals surface area contributed by atoms with Crippen LogP contribution in [-0.2, 0) is 18.4 Å². The molecule has 2 saturated heterocycles. The molecule has 0 radical (unpaired) electrons. The summed E-state index contributed by atoms with van der Waals surface area (Å²) in [6.45, 7) is 7.16. The maximum atomic E-state index is 13.6. The number of fused-ring (bicyclic) bond motifs is 1. The molecule has 3 heterocycles. The van der Waals surface area contributed by atoms with Crippen LogP contribution in [0.15, 0.2) is 64.3 Å². The lowest BCUT2D eigenvalue weighted by Gasteiger charge is -2.37. The van der Waals surface area contributed by atoms with Crippen LogP contribution in [0.25, 0.3) is 17.0 Å². The van der Waals surface area contributed by atoms with Gasteiger partial charge in [0.15, 0.2) is 0 Å². The molecule has 6 nitrogen and oxygen atoms in total. The molecule has 2 fully saturated rings. The van der Waals surface area contributed by atoms with Gasteiger partial charge in [-0.25, -0.2) is 0 Å². The molecule has 180 valence electrons. The zero-order chi connectivity index (χ0) is 24.5. The van der Waals surface area contributed by atoms with Crippen molar-refractivity contribution in [1.82, 2.24) is 14.4 Å². The number of rotatable bonds is 5. The first kappa shape index (κ1) is 23.8. The van der Waals surface area contributed by atoms with Crippen LogP contribution in [0.1, 0.15) is 18.1 Å². The molecule has 0 atom stereocenters. The highest BCUT2D eigenvalue weighted by Crippen LogP contribution is 2.36. The second-order valence-electron chi connectivity index (χ2n) is 8.82. The number of carbonyl (C=O) groups excluding carboxylic acids is 1. The number of benzene rings is 2. The number of amides is 1. The minimum Gasteiger partial charge on any atom is -0.368 e. The molecule has 5 rings (SSSR count). The molecule has 1 aromatic heterocycles. The Morgan fingerprint density at radius 1 is 0.971 bits per heavy atom. The molecule has 0 unspecified atom stereocenters. The molecule has 2 aliphatic heterocycles. The predicted octanol–water partition coefficient (Wildman–Crippen LogP) is 4.08.